The van der Waals surface area contributed by atoms with Crippen molar-refractivity contribution in [3.63, 3.8) is 0 Å². The Morgan fingerprint density at radius 2 is 0.383 bits per heavy atom. The molecule has 4 aliphatic heterocycles. The normalized spacial score (nSPS) is 19.3. The second-order valence-corrected chi connectivity index (χ2v) is 21.9. The van der Waals surface area contributed by atoms with E-state index in [0.29, 0.717) is 57.4 Å². The van der Waals surface area contributed by atoms with Crippen LogP contribution in [0.2, 0.25) is 0 Å². The number of ether oxygens (including phenoxy) is 2. The molecule has 0 saturated carbocycles. The van der Waals surface area contributed by atoms with Crippen LogP contribution in [0.25, 0.3) is 0 Å². The molecule has 39 nitrogen and oxygen atoms in total. The Kier molecular flexibility index (Phi) is 42.4. The number of hydrogen-bond acceptors (Lipinski definition) is 38. The molecule has 0 aromatic rings. The molecule has 4 saturated heterocycles. The number of carboxylic acid groups (broad SMARTS) is 9. The van der Waals surface area contributed by atoms with Crippen molar-refractivity contribution in [2.75, 3.05) is 250 Å². The molecule has 0 unspecified atom stereocenters. The fourth-order valence-corrected chi connectivity index (χ4v) is 9.74. The number of amides is 2. The quantitative estimate of drug-likeness (QED) is 0.0465. The van der Waals surface area contributed by atoms with Gasteiger partial charge in [-0.1, -0.05) is 0 Å². The first-order chi connectivity index (χ1) is 43.9. The van der Waals surface area contributed by atoms with Gasteiger partial charge in [0.2, 0.25) is 0 Å². The minimum Gasteiger partial charge on any atom is -0.549 e. The van der Waals surface area contributed by atoms with Crippen LogP contribution >= 0.6 is 0 Å². The molecule has 94 heavy (non-hydrogen) atoms. The minimum absolute atomic E-state index is 0. The second kappa shape index (κ2) is 46.9. The van der Waals surface area contributed by atoms with Crippen LogP contribution in [-0.4, -0.2) is 417 Å². The van der Waals surface area contributed by atoms with Gasteiger partial charge in [0.25, 0.3) is 11.8 Å². The van der Waals surface area contributed by atoms with Gasteiger partial charge in [0.15, 0.2) is 0 Å². The fraction of sp³-hybridized carbons (Fsp3) is 0.741. The Hall–Kier alpha value is -7.06. The van der Waals surface area contributed by atoms with Crippen LogP contribution in [0.5, 0.6) is 0 Å². The summed E-state index contributed by atoms with van der Waals surface area (Å²) in [6.45, 7) is 2.15. The molecule has 0 aliphatic carbocycles. The molecule has 0 spiro atoms. The third kappa shape index (κ3) is 40.2. The molecule has 40 heteroatoms. The molecule has 0 radical (unpaired) electrons. The zero-order chi connectivity index (χ0) is 69.6. The van der Waals surface area contributed by atoms with Crippen LogP contribution in [-0.2, 0) is 81.4 Å². The van der Waals surface area contributed by atoms with Gasteiger partial charge in [0.1, 0.15) is 0 Å². The van der Waals surface area contributed by atoms with E-state index in [9.17, 15) is 113 Å². The number of hydroxylamine groups is 2. The zero-order valence-electron chi connectivity index (χ0n) is 52.9. The maximum Gasteiger partial charge on any atom is 3.00 e. The van der Waals surface area contributed by atoms with E-state index in [-0.39, 0.29) is 196 Å². The Balaban J connectivity index is 0.000000706. The molecule has 4 rings (SSSR count). The number of nitrogens with zero attached hydrogens (tertiary/aromatic N) is 13. The van der Waals surface area contributed by atoms with Crippen LogP contribution in [0.3, 0.4) is 0 Å². The van der Waals surface area contributed by atoms with Crippen molar-refractivity contribution < 1.29 is 127 Å². The Morgan fingerprint density at radius 3 is 0.511 bits per heavy atom. The van der Waals surface area contributed by atoms with Crippen molar-refractivity contribution in [3.05, 3.63) is 0 Å². The first-order valence-corrected chi connectivity index (χ1v) is 29.6. The van der Waals surface area contributed by atoms with Gasteiger partial charge >= 0.3 is 37.7 Å². The predicted molar refractivity (Wildman–Crippen MR) is 299 cm³/mol. The third-order valence-electron chi connectivity index (χ3n) is 14.7. The molecule has 0 atom stereocenters. The Labute approximate surface area is 555 Å². The van der Waals surface area contributed by atoms with Crippen molar-refractivity contribution >= 4 is 103 Å². The molecule has 0 bridgehead atoms. The van der Waals surface area contributed by atoms with Crippen LogP contribution in [0.4, 0.5) is 0 Å². The summed E-state index contributed by atoms with van der Waals surface area (Å²) in [5, 5.41) is 99.9. The van der Waals surface area contributed by atoms with Crippen molar-refractivity contribution in [2.24, 2.45) is 0 Å². The van der Waals surface area contributed by atoms with E-state index in [4.69, 9.17) is 4.84 Å². The van der Waals surface area contributed by atoms with Gasteiger partial charge in [0, 0.05) is 229 Å². The van der Waals surface area contributed by atoms with Crippen LogP contribution in [0.1, 0.15) is 12.8 Å². The summed E-state index contributed by atoms with van der Waals surface area (Å²) in [5.74, 6) is -14.6. The molecule has 0 N–H and O–H groups in total. The monoisotopic (exact) mass is 1400 g/mol. The minimum atomic E-state index is -1.33. The summed E-state index contributed by atoms with van der Waals surface area (Å²) in [5.41, 5.74) is 0. The molecule has 0 aromatic heterocycles. The molecular formula is C54H82GaN13O26-6. The van der Waals surface area contributed by atoms with Gasteiger partial charge in [0.05, 0.1) is 87.6 Å². The van der Waals surface area contributed by atoms with E-state index in [1.165, 1.54) is 28.9 Å². The first kappa shape index (κ1) is 84.9. The largest absolute Gasteiger partial charge is 3.00 e. The molecule has 528 valence electrons. The van der Waals surface area contributed by atoms with E-state index in [1.807, 2.05) is 0 Å². The van der Waals surface area contributed by atoms with Crippen LogP contribution in [0.15, 0.2) is 0 Å². The molecule has 4 heterocycles. The summed E-state index contributed by atoms with van der Waals surface area (Å²) in [7, 11) is 2.52. The molecule has 0 aromatic carbocycles. The first-order valence-electron chi connectivity index (χ1n) is 29.6. The van der Waals surface area contributed by atoms with Gasteiger partial charge in [-0.25, -0.2) is 4.79 Å². The smallest absolute Gasteiger partial charge is 0.549 e. The number of aliphatic carboxylic acids is 9. The number of carbonyl (C=O) groups is 14. The summed E-state index contributed by atoms with van der Waals surface area (Å²) in [6.07, 6.45) is -0.109. The zero-order valence-corrected chi connectivity index (χ0v) is 55.3. The van der Waals surface area contributed by atoms with Crippen molar-refractivity contribution in [2.45, 2.75) is 12.8 Å². The van der Waals surface area contributed by atoms with Gasteiger partial charge < -0.3 is 103 Å². The predicted octanol–water partition coefficient (Wildman–Crippen LogP) is -20.1. The number of hydrogen-bond donors (Lipinski definition) is 0. The Morgan fingerprint density at radius 1 is 0.255 bits per heavy atom. The fourth-order valence-electron chi connectivity index (χ4n) is 9.74. The number of esters is 2. The summed E-state index contributed by atoms with van der Waals surface area (Å²) in [6, 6.07) is 0. The van der Waals surface area contributed by atoms with Crippen molar-refractivity contribution in [1.82, 2.24) is 63.9 Å². The molecule has 4 fully saturated rings. The molecular weight excluding hydrogens is 1310 g/mol. The van der Waals surface area contributed by atoms with Crippen LogP contribution < -0.4 is 46.0 Å². The summed E-state index contributed by atoms with van der Waals surface area (Å²) < 4.78 is 9.35. The maximum absolute atomic E-state index is 12.4. The number of carbonyl (C=O) groups excluding carboxylic acids is 14. The van der Waals surface area contributed by atoms with E-state index in [0.717, 1.165) is 0 Å². The summed E-state index contributed by atoms with van der Waals surface area (Å²) in [4.78, 5) is 183. The topological polar surface area (TPSA) is 516 Å². The van der Waals surface area contributed by atoms with Crippen molar-refractivity contribution in [3.8, 4) is 0 Å². The van der Waals surface area contributed by atoms with Crippen molar-refractivity contribution in [1.29, 1.82) is 0 Å². The maximum atomic E-state index is 12.4. The Bertz CT molecular complexity index is 2280. The summed E-state index contributed by atoms with van der Waals surface area (Å²) >= 11 is 0. The number of carboxylic acids is 9. The number of methoxy groups -OCH3 is 2. The van der Waals surface area contributed by atoms with E-state index < -0.39 is 103 Å². The van der Waals surface area contributed by atoms with Gasteiger partial charge in [-0.3, -0.25) is 78.0 Å². The van der Waals surface area contributed by atoms with Gasteiger partial charge in [-0.2, -0.15) is 0 Å². The average molecular weight is 1400 g/mol. The van der Waals surface area contributed by atoms with E-state index in [2.05, 4.69) is 9.47 Å². The van der Waals surface area contributed by atoms with Gasteiger partial charge in [-0.05, 0) is 0 Å². The number of imide groups is 1. The van der Waals surface area contributed by atoms with Gasteiger partial charge in [-0.15, -0.1) is 5.06 Å². The average Bonchev–Trinajstić information content (AvgIpc) is 1.73. The SMILES string of the molecule is COC(=O)CN1CCN(CC(=O)[O-])CCN(CC(=O)[O-])CCN(CC(=O)[O-])CC1.COC(=O)CN1CCN(CC(=O)[O-])CCN(CC(=O)[O-])CCN(CC(=O)[O-])CC1.O=C([O-])CN1CCN(CC(=O)[O-])CCN(CC(=O)ON2C(=O)CCC2=O)CCN(CC(=O)[O-])CC1.[68Ga+3]. The number of rotatable bonds is 25. The third-order valence-corrected chi connectivity index (χ3v) is 14.7. The molecule has 2 amide bonds. The van der Waals surface area contributed by atoms with E-state index in [1.54, 1.807) is 44.1 Å². The second-order valence-electron chi connectivity index (χ2n) is 21.9. The van der Waals surface area contributed by atoms with Crippen LogP contribution in [0, 0.1) is 0 Å². The molecule has 4 aliphatic rings. The standard InChI is InChI=1S/C20H31N5O10.2C17H30N4O8.Ga/c26-15-1-2-16(27)25(15)35-20(34)14-24-9-7-22(12-18(30)31)5-3-21(11-17(28)29)4-6-23(8-10-24)13-19(32)33;2*1-29-17(28)13-21-8-6-19(11-15(24)25)4-2-18(10-14(22)23)3-5-20(7-9-21)12-16(26)27;/h1-14H2,(H,28,29)(H,30,31)(H,32,33);2*2-13H2,1H3,(H,22,23)(H,24,25)(H,26,27);/q;;;+3/p-9/i;;;1-2. The van der Waals surface area contributed by atoms with E-state index >= 15 is 0 Å².